The maximum absolute atomic E-state index is 12.6. The number of carboxylic acids is 1. The number of amides is 1. The summed E-state index contributed by atoms with van der Waals surface area (Å²) >= 11 is 1.17. The van der Waals surface area contributed by atoms with Crippen molar-refractivity contribution in [1.29, 1.82) is 0 Å². The summed E-state index contributed by atoms with van der Waals surface area (Å²) in [7, 11) is 0. The van der Waals surface area contributed by atoms with Crippen LogP contribution in [0.2, 0.25) is 0 Å². The van der Waals surface area contributed by atoms with E-state index >= 15 is 0 Å². The first-order valence-electron chi connectivity index (χ1n) is 6.86. The van der Waals surface area contributed by atoms with Gasteiger partial charge in [-0.15, -0.1) is 11.3 Å². The van der Waals surface area contributed by atoms with Gasteiger partial charge < -0.3 is 10.4 Å². The SMILES string of the molecule is O=C(Cc1cccc(C(F)(F)F)c1)NCCc1nc(C(=O)O)cs1. The van der Waals surface area contributed by atoms with Gasteiger partial charge in [-0.05, 0) is 11.6 Å². The van der Waals surface area contributed by atoms with Crippen molar-refractivity contribution in [1.82, 2.24) is 10.3 Å². The summed E-state index contributed by atoms with van der Waals surface area (Å²) in [6.07, 6.45) is -4.26. The summed E-state index contributed by atoms with van der Waals surface area (Å²) in [5.41, 5.74) is -0.577. The van der Waals surface area contributed by atoms with E-state index in [2.05, 4.69) is 10.3 Å². The van der Waals surface area contributed by atoms with Gasteiger partial charge in [0, 0.05) is 18.3 Å². The van der Waals surface area contributed by atoms with E-state index in [0.29, 0.717) is 11.4 Å². The molecule has 0 aliphatic carbocycles. The quantitative estimate of drug-likeness (QED) is 0.832. The van der Waals surface area contributed by atoms with Crippen LogP contribution in [0.5, 0.6) is 0 Å². The molecule has 2 N–H and O–H groups in total. The molecule has 2 rings (SSSR count). The zero-order chi connectivity index (χ0) is 17.7. The van der Waals surface area contributed by atoms with Crippen LogP contribution in [0.1, 0.15) is 26.6 Å². The number of rotatable bonds is 6. The molecule has 0 bridgehead atoms. The molecule has 1 aromatic heterocycles. The lowest BCUT2D eigenvalue weighted by atomic mass is 10.1. The average Bonchev–Trinajstić information content (AvgIpc) is 2.96. The van der Waals surface area contributed by atoms with Crippen LogP contribution in [-0.4, -0.2) is 28.5 Å². The molecule has 128 valence electrons. The first-order valence-corrected chi connectivity index (χ1v) is 7.74. The van der Waals surface area contributed by atoms with E-state index in [0.717, 1.165) is 12.1 Å². The van der Waals surface area contributed by atoms with E-state index in [1.165, 1.54) is 28.8 Å². The largest absolute Gasteiger partial charge is 0.476 e. The summed E-state index contributed by atoms with van der Waals surface area (Å²) in [4.78, 5) is 26.3. The molecule has 0 unspecified atom stereocenters. The Balaban J connectivity index is 1.84. The molecule has 0 fully saturated rings. The molecule has 0 saturated carbocycles. The van der Waals surface area contributed by atoms with Crippen LogP contribution in [0, 0.1) is 0 Å². The van der Waals surface area contributed by atoms with Crippen molar-refractivity contribution >= 4 is 23.2 Å². The van der Waals surface area contributed by atoms with Crippen LogP contribution in [0.15, 0.2) is 29.6 Å². The third kappa shape index (κ3) is 5.05. The number of hydrogen-bond donors (Lipinski definition) is 2. The van der Waals surface area contributed by atoms with Crippen molar-refractivity contribution in [2.45, 2.75) is 19.0 Å². The Hall–Kier alpha value is -2.42. The Morgan fingerprint density at radius 1 is 1.29 bits per heavy atom. The number of halogens is 3. The molecular formula is C15H13F3N2O3S. The predicted octanol–water partition coefficient (Wildman–Crippen LogP) is 2.76. The number of thiazole rings is 1. The Morgan fingerprint density at radius 3 is 2.67 bits per heavy atom. The van der Waals surface area contributed by atoms with E-state index in [4.69, 9.17) is 5.11 Å². The zero-order valence-corrected chi connectivity index (χ0v) is 13.1. The molecule has 9 heteroatoms. The Kier molecular flexibility index (Phi) is 5.55. The minimum atomic E-state index is -4.45. The number of carbonyl (C=O) groups is 2. The lowest BCUT2D eigenvalue weighted by Crippen LogP contribution is -2.27. The van der Waals surface area contributed by atoms with Crippen molar-refractivity contribution in [3.05, 3.63) is 51.5 Å². The summed E-state index contributed by atoms with van der Waals surface area (Å²) in [5.74, 6) is -1.53. The van der Waals surface area contributed by atoms with Crippen LogP contribution in [0.3, 0.4) is 0 Å². The van der Waals surface area contributed by atoms with E-state index < -0.39 is 23.6 Å². The van der Waals surface area contributed by atoms with E-state index in [1.807, 2.05) is 0 Å². The summed E-state index contributed by atoms with van der Waals surface area (Å²) < 4.78 is 37.8. The fraction of sp³-hybridized carbons (Fsp3) is 0.267. The Bertz CT molecular complexity index is 744. The highest BCUT2D eigenvalue weighted by molar-refractivity contribution is 7.09. The molecule has 5 nitrogen and oxygen atoms in total. The predicted molar refractivity (Wildman–Crippen MR) is 80.9 cm³/mol. The van der Waals surface area contributed by atoms with E-state index in [9.17, 15) is 22.8 Å². The molecule has 1 amide bonds. The average molecular weight is 358 g/mol. The van der Waals surface area contributed by atoms with Crippen molar-refractivity contribution in [2.75, 3.05) is 6.54 Å². The Labute approximate surface area is 139 Å². The summed E-state index contributed by atoms with van der Waals surface area (Å²) in [5, 5.41) is 13.3. The molecule has 0 atom stereocenters. The lowest BCUT2D eigenvalue weighted by Gasteiger charge is -2.09. The highest BCUT2D eigenvalue weighted by Gasteiger charge is 2.30. The summed E-state index contributed by atoms with van der Waals surface area (Å²) in [6, 6.07) is 4.60. The molecule has 1 aromatic carbocycles. The minimum absolute atomic E-state index is 0.0507. The first-order chi connectivity index (χ1) is 11.3. The topological polar surface area (TPSA) is 79.3 Å². The number of carboxylic acid groups (broad SMARTS) is 1. The molecular weight excluding hydrogens is 345 g/mol. The number of nitrogens with zero attached hydrogens (tertiary/aromatic N) is 1. The lowest BCUT2D eigenvalue weighted by molar-refractivity contribution is -0.137. The third-order valence-electron chi connectivity index (χ3n) is 3.05. The third-order valence-corrected chi connectivity index (χ3v) is 3.96. The fourth-order valence-electron chi connectivity index (χ4n) is 1.94. The van der Waals surface area contributed by atoms with Gasteiger partial charge in [0.25, 0.3) is 0 Å². The van der Waals surface area contributed by atoms with Gasteiger partial charge in [-0.25, -0.2) is 9.78 Å². The van der Waals surface area contributed by atoms with Crippen LogP contribution >= 0.6 is 11.3 Å². The van der Waals surface area contributed by atoms with Crippen LogP contribution in [0.4, 0.5) is 13.2 Å². The molecule has 0 spiro atoms. The van der Waals surface area contributed by atoms with Crippen molar-refractivity contribution in [3.63, 3.8) is 0 Å². The maximum Gasteiger partial charge on any atom is 0.416 e. The van der Waals surface area contributed by atoms with Gasteiger partial charge in [0.05, 0.1) is 17.0 Å². The minimum Gasteiger partial charge on any atom is -0.476 e. The molecule has 0 aliphatic rings. The second-order valence-electron chi connectivity index (χ2n) is 4.91. The normalized spacial score (nSPS) is 11.3. The van der Waals surface area contributed by atoms with Gasteiger partial charge in [0.1, 0.15) is 0 Å². The first kappa shape index (κ1) is 17.9. The molecule has 1 heterocycles. The van der Waals surface area contributed by atoms with Gasteiger partial charge in [-0.2, -0.15) is 13.2 Å². The number of nitrogens with one attached hydrogen (secondary N) is 1. The molecule has 2 aromatic rings. The maximum atomic E-state index is 12.6. The molecule has 0 aliphatic heterocycles. The monoisotopic (exact) mass is 358 g/mol. The highest BCUT2D eigenvalue weighted by Crippen LogP contribution is 2.29. The van der Waals surface area contributed by atoms with Crippen molar-refractivity contribution < 1.29 is 27.9 Å². The van der Waals surface area contributed by atoms with Gasteiger partial charge in [-0.3, -0.25) is 4.79 Å². The van der Waals surface area contributed by atoms with Crippen LogP contribution in [-0.2, 0) is 23.8 Å². The molecule has 0 radical (unpaired) electrons. The van der Waals surface area contributed by atoms with Crippen LogP contribution in [0.25, 0.3) is 0 Å². The van der Waals surface area contributed by atoms with Gasteiger partial charge >= 0.3 is 12.1 Å². The zero-order valence-electron chi connectivity index (χ0n) is 12.3. The van der Waals surface area contributed by atoms with Gasteiger partial charge in [0.2, 0.25) is 5.91 Å². The summed E-state index contributed by atoms with van der Waals surface area (Å²) in [6.45, 7) is 0.227. The van der Waals surface area contributed by atoms with E-state index in [1.54, 1.807) is 0 Å². The number of carbonyl (C=O) groups excluding carboxylic acids is 1. The Morgan fingerprint density at radius 2 is 2.04 bits per heavy atom. The molecule has 0 saturated heterocycles. The standard InChI is InChI=1S/C15H13F3N2O3S/c16-15(17,18)10-3-1-2-9(6-10)7-12(21)19-5-4-13-20-11(8-24-13)14(22)23/h1-3,6,8H,4-5,7H2,(H,19,21)(H,22,23). The molecule has 24 heavy (non-hydrogen) atoms. The second-order valence-corrected chi connectivity index (χ2v) is 5.85. The number of aromatic nitrogens is 1. The second kappa shape index (κ2) is 7.43. The number of benzene rings is 1. The highest BCUT2D eigenvalue weighted by atomic mass is 32.1. The smallest absolute Gasteiger partial charge is 0.416 e. The van der Waals surface area contributed by atoms with Gasteiger partial charge in [-0.1, -0.05) is 18.2 Å². The number of alkyl halides is 3. The number of aromatic carboxylic acids is 1. The number of hydrogen-bond acceptors (Lipinski definition) is 4. The van der Waals surface area contributed by atoms with Crippen molar-refractivity contribution in [2.24, 2.45) is 0 Å². The van der Waals surface area contributed by atoms with Crippen LogP contribution < -0.4 is 5.32 Å². The fourth-order valence-corrected chi connectivity index (χ4v) is 2.71. The van der Waals surface area contributed by atoms with Gasteiger partial charge in [0.15, 0.2) is 5.69 Å². The van der Waals surface area contributed by atoms with E-state index in [-0.39, 0.29) is 24.2 Å². The van der Waals surface area contributed by atoms with Crippen molar-refractivity contribution in [3.8, 4) is 0 Å².